The molecule has 4 heteroatoms. The van der Waals surface area contributed by atoms with Crippen molar-refractivity contribution in [3.05, 3.63) is 70.8 Å². The standard InChI is InChI=1S/C30H39NO3/c1-5-6-7-11-23(2)12-10-15-27-13-8-9-14-28(27)21-20-25-16-18-26(19-17-25)22-31-29(24(3)32)30(33)34-4/h8-9,13-14,16-19,22-24,29,32H,5-7,10-12,15H2,1-4H3/t23?,24-,29+/m1/s1. The van der Waals surface area contributed by atoms with Gasteiger partial charge in [-0.15, -0.1) is 0 Å². The molecule has 4 nitrogen and oxygen atoms in total. The van der Waals surface area contributed by atoms with E-state index in [2.05, 4.69) is 53.6 Å². The number of hydrogen-bond donors (Lipinski definition) is 1. The highest BCUT2D eigenvalue weighted by atomic mass is 16.5. The van der Waals surface area contributed by atoms with Gasteiger partial charge < -0.3 is 9.84 Å². The van der Waals surface area contributed by atoms with E-state index in [1.54, 1.807) is 6.21 Å². The highest BCUT2D eigenvalue weighted by Gasteiger charge is 2.22. The summed E-state index contributed by atoms with van der Waals surface area (Å²) in [6.45, 7) is 6.14. The van der Waals surface area contributed by atoms with Crippen LogP contribution in [0.4, 0.5) is 0 Å². The largest absolute Gasteiger partial charge is 0.467 e. The molecule has 0 aliphatic carbocycles. The molecule has 1 N–H and O–H groups in total. The zero-order valence-electron chi connectivity index (χ0n) is 21.1. The van der Waals surface area contributed by atoms with E-state index in [-0.39, 0.29) is 0 Å². The first-order valence-electron chi connectivity index (χ1n) is 12.4. The summed E-state index contributed by atoms with van der Waals surface area (Å²) in [6.07, 6.45) is 9.47. The monoisotopic (exact) mass is 461 g/mol. The number of ether oxygens (including phenoxy) is 1. The van der Waals surface area contributed by atoms with Crippen LogP contribution in [0.1, 0.15) is 81.5 Å². The van der Waals surface area contributed by atoms with Crippen LogP contribution in [0.2, 0.25) is 0 Å². The number of unbranched alkanes of at least 4 members (excludes halogenated alkanes) is 2. The van der Waals surface area contributed by atoms with Crippen molar-refractivity contribution in [3.8, 4) is 11.8 Å². The number of esters is 1. The van der Waals surface area contributed by atoms with Crippen molar-refractivity contribution in [2.75, 3.05) is 7.11 Å². The average Bonchev–Trinajstić information content (AvgIpc) is 2.84. The Hall–Kier alpha value is -2.90. The molecule has 1 unspecified atom stereocenters. The Bertz CT molecular complexity index is 967. The molecule has 0 aliphatic rings. The Kier molecular flexibility index (Phi) is 12.1. The highest BCUT2D eigenvalue weighted by molar-refractivity contribution is 5.84. The Morgan fingerprint density at radius 2 is 1.74 bits per heavy atom. The number of aliphatic hydroxyl groups excluding tert-OH is 1. The van der Waals surface area contributed by atoms with Gasteiger partial charge in [0, 0.05) is 17.3 Å². The fourth-order valence-electron chi connectivity index (χ4n) is 3.85. The molecule has 34 heavy (non-hydrogen) atoms. The van der Waals surface area contributed by atoms with Crippen molar-refractivity contribution in [1.29, 1.82) is 0 Å². The van der Waals surface area contributed by atoms with E-state index in [0.29, 0.717) is 0 Å². The summed E-state index contributed by atoms with van der Waals surface area (Å²) < 4.78 is 4.69. The summed E-state index contributed by atoms with van der Waals surface area (Å²) in [5.41, 5.74) is 4.14. The summed E-state index contributed by atoms with van der Waals surface area (Å²) in [6, 6.07) is 15.2. The normalized spacial score (nSPS) is 13.7. The van der Waals surface area contributed by atoms with E-state index >= 15 is 0 Å². The predicted octanol–water partition coefficient (Wildman–Crippen LogP) is 5.97. The molecular weight excluding hydrogens is 422 g/mol. The van der Waals surface area contributed by atoms with Gasteiger partial charge in [0.2, 0.25) is 0 Å². The zero-order valence-corrected chi connectivity index (χ0v) is 21.1. The average molecular weight is 462 g/mol. The minimum Gasteiger partial charge on any atom is -0.467 e. The van der Waals surface area contributed by atoms with Gasteiger partial charge in [-0.05, 0) is 55.0 Å². The van der Waals surface area contributed by atoms with Crippen LogP contribution in [0.15, 0.2) is 53.5 Å². The number of benzene rings is 2. The molecule has 0 heterocycles. The molecule has 0 radical (unpaired) electrons. The Morgan fingerprint density at radius 3 is 2.41 bits per heavy atom. The molecule has 2 aromatic carbocycles. The third-order valence-electron chi connectivity index (χ3n) is 6.00. The van der Waals surface area contributed by atoms with Gasteiger partial charge in [-0.3, -0.25) is 4.99 Å². The number of aliphatic imine (C=N–C) groups is 1. The molecule has 0 aromatic heterocycles. The van der Waals surface area contributed by atoms with Crippen molar-refractivity contribution < 1.29 is 14.6 Å². The van der Waals surface area contributed by atoms with E-state index in [9.17, 15) is 9.90 Å². The van der Waals surface area contributed by atoms with Crippen molar-refractivity contribution in [3.63, 3.8) is 0 Å². The van der Waals surface area contributed by atoms with Crippen LogP contribution < -0.4 is 0 Å². The minimum absolute atomic E-state index is 0.557. The number of carbonyl (C=O) groups excluding carboxylic acids is 1. The summed E-state index contributed by atoms with van der Waals surface area (Å²) in [7, 11) is 1.29. The second-order valence-corrected chi connectivity index (χ2v) is 9.01. The van der Waals surface area contributed by atoms with Gasteiger partial charge in [-0.1, -0.05) is 88.1 Å². The number of carbonyl (C=O) groups is 1. The molecule has 182 valence electrons. The van der Waals surface area contributed by atoms with Crippen molar-refractivity contribution in [2.45, 2.75) is 77.9 Å². The lowest BCUT2D eigenvalue weighted by Crippen LogP contribution is -2.31. The number of nitrogens with zero attached hydrogens (tertiary/aromatic N) is 1. The van der Waals surface area contributed by atoms with Gasteiger partial charge in [-0.2, -0.15) is 0 Å². The highest BCUT2D eigenvalue weighted by Crippen LogP contribution is 2.18. The zero-order chi connectivity index (χ0) is 24.8. The molecule has 3 atom stereocenters. The Balaban J connectivity index is 1.98. The maximum Gasteiger partial charge on any atom is 0.333 e. The molecule has 0 aliphatic heterocycles. The summed E-state index contributed by atoms with van der Waals surface area (Å²) in [5.74, 6) is 6.83. The number of methoxy groups -OCH3 is 1. The van der Waals surface area contributed by atoms with E-state index in [1.807, 2.05) is 30.3 Å². The van der Waals surface area contributed by atoms with Crippen LogP contribution >= 0.6 is 0 Å². The topological polar surface area (TPSA) is 58.9 Å². The van der Waals surface area contributed by atoms with Crippen molar-refractivity contribution in [2.24, 2.45) is 10.9 Å². The lowest BCUT2D eigenvalue weighted by Gasteiger charge is -2.12. The van der Waals surface area contributed by atoms with Crippen LogP contribution in [0.5, 0.6) is 0 Å². The number of aryl methyl sites for hydroxylation is 1. The Labute approximate surface area is 205 Å². The molecule has 0 saturated heterocycles. The maximum atomic E-state index is 11.7. The number of aliphatic hydroxyl groups is 1. The van der Waals surface area contributed by atoms with E-state index in [4.69, 9.17) is 0 Å². The second kappa shape index (κ2) is 15.1. The summed E-state index contributed by atoms with van der Waals surface area (Å²) in [5, 5.41) is 9.73. The SMILES string of the molecule is CCCCCC(C)CCCc1ccccc1C#Cc1ccc(C=N[C@H](C(=O)OC)[C@@H](C)O)cc1. The van der Waals surface area contributed by atoms with Crippen LogP contribution in [-0.2, 0) is 16.0 Å². The van der Waals surface area contributed by atoms with Gasteiger partial charge in [0.25, 0.3) is 0 Å². The molecule has 0 fully saturated rings. The van der Waals surface area contributed by atoms with Gasteiger partial charge in [-0.25, -0.2) is 4.79 Å². The van der Waals surface area contributed by atoms with Crippen LogP contribution in [0.3, 0.4) is 0 Å². The fourth-order valence-corrected chi connectivity index (χ4v) is 3.85. The summed E-state index contributed by atoms with van der Waals surface area (Å²) >= 11 is 0. The van der Waals surface area contributed by atoms with Gasteiger partial charge in [0.05, 0.1) is 13.2 Å². The number of rotatable bonds is 12. The maximum absolute atomic E-state index is 11.7. The summed E-state index contributed by atoms with van der Waals surface area (Å²) in [4.78, 5) is 15.9. The Morgan fingerprint density at radius 1 is 1.03 bits per heavy atom. The van der Waals surface area contributed by atoms with Crippen LogP contribution in [0, 0.1) is 17.8 Å². The predicted molar refractivity (Wildman–Crippen MR) is 140 cm³/mol. The van der Waals surface area contributed by atoms with E-state index < -0.39 is 18.1 Å². The molecule has 2 rings (SSSR count). The third kappa shape index (κ3) is 9.53. The fraction of sp³-hybridized carbons (Fsp3) is 0.467. The van der Waals surface area contributed by atoms with Crippen molar-refractivity contribution in [1.82, 2.24) is 0 Å². The first-order valence-corrected chi connectivity index (χ1v) is 12.4. The molecular formula is C30H39NO3. The molecule has 0 bridgehead atoms. The molecule has 0 saturated carbocycles. The quantitative estimate of drug-likeness (QED) is 0.183. The van der Waals surface area contributed by atoms with Crippen LogP contribution in [-0.4, -0.2) is 36.5 Å². The van der Waals surface area contributed by atoms with Gasteiger partial charge >= 0.3 is 5.97 Å². The van der Waals surface area contributed by atoms with Crippen molar-refractivity contribution >= 4 is 12.2 Å². The second-order valence-electron chi connectivity index (χ2n) is 9.01. The third-order valence-corrected chi connectivity index (χ3v) is 6.00. The van der Waals surface area contributed by atoms with Crippen LogP contribution in [0.25, 0.3) is 0 Å². The lowest BCUT2D eigenvalue weighted by atomic mass is 9.94. The molecule has 0 amide bonds. The molecule has 2 aromatic rings. The van der Waals surface area contributed by atoms with E-state index in [1.165, 1.54) is 58.1 Å². The first kappa shape index (κ1) is 27.3. The van der Waals surface area contributed by atoms with E-state index in [0.717, 1.165) is 29.0 Å². The molecule has 0 spiro atoms. The lowest BCUT2D eigenvalue weighted by molar-refractivity contribution is -0.144. The number of hydrogen-bond acceptors (Lipinski definition) is 4. The van der Waals surface area contributed by atoms with Gasteiger partial charge in [0.1, 0.15) is 0 Å². The van der Waals surface area contributed by atoms with Gasteiger partial charge in [0.15, 0.2) is 6.04 Å². The smallest absolute Gasteiger partial charge is 0.333 e. The first-order chi connectivity index (χ1) is 16.4. The minimum atomic E-state index is -0.930.